The number of rotatable bonds is 4. The number of aromatic amines is 1. The normalized spacial score (nSPS) is 15.9. The summed E-state index contributed by atoms with van der Waals surface area (Å²) >= 11 is 0. The Bertz CT molecular complexity index is 618. The number of nitrogens with one attached hydrogen (secondary N) is 1. The van der Waals surface area contributed by atoms with Crippen LogP contribution in [0.2, 0.25) is 0 Å². The van der Waals surface area contributed by atoms with Crippen molar-refractivity contribution in [3.05, 3.63) is 35.9 Å². The molecule has 0 radical (unpaired) electrons. The van der Waals surface area contributed by atoms with Crippen molar-refractivity contribution in [3.63, 3.8) is 0 Å². The predicted octanol–water partition coefficient (Wildman–Crippen LogP) is 1.12. The zero-order chi connectivity index (χ0) is 15.4. The molecule has 0 aliphatic carbocycles. The van der Waals surface area contributed by atoms with Crippen molar-refractivity contribution in [1.82, 2.24) is 25.1 Å². The number of aryl methyl sites for hydroxylation is 1. The van der Waals surface area contributed by atoms with Crippen LogP contribution in [-0.4, -0.2) is 44.1 Å². The van der Waals surface area contributed by atoms with Crippen molar-refractivity contribution in [2.75, 3.05) is 18.8 Å². The second kappa shape index (κ2) is 6.55. The Kier molecular flexibility index (Phi) is 4.32. The monoisotopic (exact) mass is 300 g/mol. The fourth-order valence-electron chi connectivity index (χ4n) is 2.83. The molecule has 0 unspecified atom stereocenters. The molecule has 3 N–H and O–H groups in total. The molecule has 2 aromatic heterocycles. The van der Waals surface area contributed by atoms with Crippen LogP contribution in [0.5, 0.6) is 0 Å². The van der Waals surface area contributed by atoms with Crippen LogP contribution >= 0.6 is 0 Å². The summed E-state index contributed by atoms with van der Waals surface area (Å²) in [5.41, 5.74) is 6.63. The number of carbonyl (C=O) groups is 1. The van der Waals surface area contributed by atoms with Crippen molar-refractivity contribution >= 4 is 11.9 Å². The fourth-order valence-corrected chi connectivity index (χ4v) is 2.83. The topological polar surface area (TPSA) is 101 Å². The van der Waals surface area contributed by atoms with Crippen LogP contribution < -0.4 is 5.73 Å². The third kappa shape index (κ3) is 3.41. The first-order chi connectivity index (χ1) is 10.7. The Hall–Kier alpha value is -2.44. The van der Waals surface area contributed by atoms with E-state index in [1.807, 2.05) is 23.2 Å². The molecule has 1 amide bonds. The maximum Gasteiger partial charge on any atom is 0.239 e. The van der Waals surface area contributed by atoms with Crippen LogP contribution in [0.3, 0.4) is 0 Å². The number of H-pyrrole nitrogens is 1. The zero-order valence-electron chi connectivity index (χ0n) is 12.4. The summed E-state index contributed by atoms with van der Waals surface area (Å²) in [6.07, 6.45) is 6.62. The van der Waals surface area contributed by atoms with Crippen LogP contribution in [0.1, 0.15) is 36.6 Å². The number of pyridine rings is 1. The van der Waals surface area contributed by atoms with Gasteiger partial charge in [-0.15, -0.1) is 5.10 Å². The number of likely N-dealkylation sites (tertiary alicyclic amines) is 1. The molecule has 0 aromatic carbocycles. The zero-order valence-corrected chi connectivity index (χ0v) is 12.4. The Labute approximate surface area is 129 Å². The highest BCUT2D eigenvalue weighted by molar-refractivity contribution is 5.76. The van der Waals surface area contributed by atoms with Gasteiger partial charge in [-0.2, -0.15) is 4.98 Å². The van der Waals surface area contributed by atoms with Gasteiger partial charge in [0.25, 0.3) is 0 Å². The molecule has 22 heavy (non-hydrogen) atoms. The smallest absolute Gasteiger partial charge is 0.239 e. The van der Waals surface area contributed by atoms with Gasteiger partial charge in [0, 0.05) is 37.8 Å². The number of hydrogen-bond acceptors (Lipinski definition) is 5. The van der Waals surface area contributed by atoms with Gasteiger partial charge in [0.15, 0.2) is 0 Å². The minimum absolute atomic E-state index is 0.208. The van der Waals surface area contributed by atoms with Gasteiger partial charge in [-0.1, -0.05) is 6.07 Å². The lowest BCUT2D eigenvalue weighted by Gasteiger charge is -2.31. The number of nitrogen functional groups attached to an aromatic ring is 1. The van der Waals surface area contributed by atoms with E-state index in [1.165, 1.54) is 0 Å². The van der Waals surface area contributed by atoms with Gasteiger partial charge in [-0.25, -0.2) is 0 Å². The molecule has 0 bridgehead atoms. The van der Waals surface area contributed by atoms with Gasteiger partial charge >= 0.3 is 0 Å². The number of anilines is 1. The number of nitrogens with zero attached hydrogens (tertiary/aromatic N) is 4. The van der Waals surface area contributed by atoms with Crippen molar-refractivity contribution in [1.29, 1.82) is 0 Å². The quantitative estimate of drug-likeness (QED) is 0.881. The lowest BCUT2D eigenvalue weighted by molar-refractivity contribution is -0.132. The SMILES string of the molecule is Nc1n[nH]c(C2CCN(C(=O)CCc3cccnc3)CC2)n1. The van der Waals surface area contributed by atoms with Gasteiger partial charge in [0.1, 0.15) is 5.82 Å². The van der Waals surface area contributed by atoms with Crippen LogP contribution in [0.4, 0.5) is 5.95 Å². The summed E-state index contributed by atoms with van der Waals surface area (Å²) in [7, 11) is 0. The second-order valence-electron chi connectivity index (χ2n) is 5.60. The molecule has 3 heterocycles. The van der Waals surface area contributed by atoms with Crippen LogP contribution in [0.25, 0.3) is 0 Å². The van der Waals surface area contributed by atoms with Crippen molar-refractivity contribution in [2.45, 2.75) is 31.6 Å². The summed E-state index contributed by atoms with van der Waals surface area (Å²) in [4.78, 5) is 22.5. The standard InChI is InChI=1S/C15H20N6O/c16-15-18-14(19-20-15)12-5-8-21(9-6-12)13(22)4-3-11-2-1-7-17-10-11/h1-2,7,10,12H,3-6,8-9H2,(H3,16,18,19,20). The lowest BCUT2D eigenvalue weighted by atomic mass is 9.96. The third-order valence-electron chi connectivity index (χ3n) is 4.10. The molecule has 116 valence electrons. The molecular formula is C15H20N6O. The Balaban J connectivity index is 1.47. The van der Waals surface area contributed by atoms with E-state index in [0.29, 0.717) is 12.3 Å². The van der Waals surface area contributed by atoms with Crippen molar-refractivity contribution in [3.8, 4) is 0 Å². The van der Waals surface area contributed by atoms with Gasteiger partial charge in [-0.05, 0) is 30.9 Å². The number of piperidine rings is 1. The first kappa shape index (κ1) is 14.5. The minimum atomic E-state index is 0.208. The highest BCUT2D eigenvalue weighted by Gasteiger charge is 2.25. The molecule has 0 spiro atoms. The molecule has 1 saturated heterocycles. The van der Waals surface area contributed by atoms with Gasteiger partial charge in [-0.3, -0.25) is 14.9 Å². The van der Waals surface area contributed by atoms with E-state index in [-0.39, 0.29) is 11.9 Å². The molecule has 1 aliphatic heterocycles. The summed E-state index contributed by atoms with van der Waals surface area (Å²) < 4.78 is 0. The summed E-state index contributed by atoms with van der Waals surface area (Å²) in [6.45, 7) is 1.52. The Morgan fingerprint density at radius 1 is 1.41 bits per heavy atom. The van der Waals surface area contributed by atoms with E-state index in [1.54, 1.807) is 6.20 Å². The molecule has 3 rings (SSSR count). The molecule has 7 heteroatoms. The van der Waals surface area contributed by atoms with E-state index in [4.69, 9.17) is 5.73 Å². The maximum absolute atomic E-state index is 12.3. The minimum Gasteiger partial charge on any atom is -0.367 e. The number of carbonyl (C=O) groups excluding carboxylic acids is 1. The number of amides is 1. The highest BCUT2D eigenvalue weighted by Crippen LogP contribution is 2.26. The highest BCUT2D eigenvalue weighted by atomic mass is 16.2. The van der Waals surface area contributed by atoms with Crippen molar-refractivity contribution < 1.29 is 4.79 Å². The Morgan fingerprint density at radius 2 is 2.23 bits per heavy atom. The predicted molar refractivity (Wildman–Crippen MR) is 81.9 cm³/mol. The van der Waals surface area contributed by atoms with Gasteiger partial charge in [0.05, 0.1) is 0 Å². The van der Waals surface area contributed by atoms with Crippen molar-refractivity contribution in [2.24, 2.45) is 0 Å². The third-order valence-corrected chi connectivity index (χ3v) is 4.10. The molecular weight excluding hydrogens is 280 g/mol. The lowest BCUT2D eigenvalue weighted by Crippen LogP contribution is -2.38. The fraction of sp³-hybridized carbons (Fsp3) is 0.467. The molecule has 0 atom stereocenters. The number of hydrogen-bond donors (Lipinski definition) is 2. The molecule has 0 saturated carbocycles. The van der Waals surface area contributed by atoms with E-state index in [9.17, 15) is 4.79 Å². The van der Waals surface area contributed by atoms with E-state index < -0.39 is 0 Å². The molecule has 1 aliphatic rings. The van der Waals surface area contributed by atoms with E-state index in [0.717, 1.165) is 43.7 Å². The van der Waals surface area contributed by atoms with Crippen LogP contribution in [-0.2, 0) is 11.2 Å². The summed E-state index contributed by atoms with van der Waals surface area (Å²) in [5, 5.41) is 6.73. The van der Waals surface area contributed by atoms with Crippen LogP contribution in [0.15, 0.2) is 24.5 Å². The largest absolute Gasteiger partial charge is 0.367 e. The summed E-state index contributed by atoms with van der Waals surface area (Å²) in [6, 6.07) is 3.90. The summed E-state index contributed by atoms with van der Waals surface area (Å²) in [5.74, 6) is 1.64. The van der Waals surface area contributed by atoms with E-state index in [2.05, 4.69) is 20.2 Å². The van der Waals surface area contributed by atoms with E-state index >= 15 is 0 Å². The average Bonchev–Trinajstić information content (AvgIpc) is 3.00. The Morgan fingerprint density at radius 3 is 2.86 bits per heavy atom. The first-order valence-electron chi connectivity index (χ1n) is 7.57. The second-order valence-corrected chi connectivity index (χ2v) is 5.60. The number of aromatic nitrogens is 4. The van der Waals surface area contributed by atoms with Crippen LogP contribution in [0, 0.1) is 0 Å². The molecule has 2 aromatic rings. The molecule has 1 fully saturated rings. The van der Waals surface area contributed by atoms with Gasteiger partial charge in [0.2, 0.25) is 11.9 Å². The maximum atomic E-state index is 12.3. The first-order valence-corrected chi connectivity index (χ1v) is 7.57. The number of nitrogens with two attached hydrogens (primary N) is 1. The van der Waals surface area contributed by atoms with Gasteiger partial charge < -0.3 is 10.6 Å². The molecule has 7 nitrogen and oxygen atoms in total. The average molecular weight is 300 g/mol.